The first kappa shape index (κ1) is 15.4. The number of nitrogens with two attached hydrogens (primary N) is 1. The SMILES string of the molecule is COC(=O)CC1CCCCN1C(=O)CNC(=O)CN. The van der Waals surface area contributed by atoms with Gasteiger partial charge in [-0.15, -0.1) is 0 Å². The summed E-state index contributed by atoms with van der Waals surface area (Å²) >= 11 is 0. The molecule has 1 heterocycles. The number of likely N-dealkylation sites (tertiary alicyclic amines) is 1. The fourth-order valence-corrected chi connectivity index (χ4v) is 2.16. The number of hydrogen-bond acceptors (Lipinski definition) is 5. The number of esters is 1. The minimum atomic E-state index is -0.366. The average molecular weight is 271 g/mol. The Morgan fingerprint density at radius 2 is 2.11 bits per heavy atom. The quantitative estimate of drug-likeness (QED) is 0.625. The Hall–Kier alpha value is -1.63. The maximum Gasteiger partial charge on any atom is 0.307 e. The standard InChI is InChI=1S/C12H21N3O4/c1-19-12(18)6-9-4-2-3-5-15(9)11(17)8-14-10(16)7-13/h9H,2-8,13H2,1H3,(H,14,16). The van der Waals surface area contributed by atoms with Crippen molar-refractivity contribution in [2.75, 3.05) is 26.7 Å². The Morgan fingerprint density at radius 3 is 2.74 bits per heavy atom. The van der Waals surface area contributed by atoms with Gasteiger partial charge in [0.2, 0.25) is 11.8 Å². The summed E-state index contributed by atoms with van der Waals surface area (Å²) in [5.41, 5.74) is 5.15. The molecular weight excluding hydrogens is 250 g/mol. The van der Waals surface area contributed by atoms with Crippen LogP contribution in [-0.4, -0.2) is 55.5 Å². The van der Waals surface area contributed by atoms with Crippen molar-refractivity contribution in [1.82, 2.24) is 10.2 Å². The molecule has 108 valence electrons. The first-order valence-electron chi connectivity index (χ1n) is 6.41. The third-order valence-corrected chi connectivity index (χ3v) is 3.20. The first-order valence-corrected chi connectivity index (χ1v) is 6.41. The average Bonchev–Trinajstić information content (AvgIpc) is 2.44. The lowest BCUT2D eigenvalue weighted by Gasteiger charge is -2.35. The van der Waals surface area contributed by atoms with Gasteiger partial charge in [0.15, 0.2) is 0 Å². The maximum atomic E-state index is 12.0. The van der Waals surface area contributed by atoms with Crippen LogP contribution in [0.5, 0.6) is 0 Å². The number of carbonyl (C=O) groups is 3. The predicted octanol–water partition coefficient (Wildman–Crippen LogP) is -0.994. The molecule has 1 fully saturated rings. The molecule has 19 heavy (non-hydrogen) atoms. The van der Waals surface area contributed by atoms with E-state index < -0.39 is 0 Å². The van der Waals surface area contributed by atoms with E-state index in [1.54, 1.807) is 4.90 Å². The summed E-state index contributed by atoms with van der Waals surface area (Å²) in [5, 5.41) is 2.45. The second-order valence-corrected chi connectivity index (χ2v) is 4.50. The van der Waals surface area contributed by atoms with Gasteiger partial charge in [-0.05, 0) is 19.3 Å². The van der Waals surface area contributed by atoms with Crippen molar-refractivity contribution in [1.29, 1.82) is 0 Å². The predicted molar refractivity (Wildman–Crippen MR) is 68.0 cm³/mol. The van der Waals surface area contributed by atoms with Crippen molar-refractivity contribution in [2.45, 2.75) is 31.7 Å². The van der Waals surface area contributed by atoms with Crippen LogP contribution in [0, 0.1) is 0 Å². The summed E-state index contributed by atoms with van der Waals surface area (Å²) in [6.07, 6.45) is 2.88. The Morgan fingerprint density at radius 1 is 1.37 bits per heavy atom. The molecular formula is C12H21N3O4. The Labute approximate surface area is 112 Å². The van der Waals surface area contributed by atoms with Crippen LogP contribution in [-0.2, 0) is 19.1 Å². The van der Waals surface area contributed by atoms with E-state index in [0.717, 1.165) is 19.3 Å². The van der Waals surface area contributed by atoms with Crippen molar-refractivity contribution >= 4 is 17.8 Å². The van der Waals surface area contributed by atoms with Gasteiger partial charge in [0.1, 0.15) is 0 Å². The highest BCUT2D eigenvalue weighted by Gasteiger charge is 2.28. The number of ether oxygens (including phenoxy) is 1. The highest BCUT2D eigenvalue weighted by atomic mass is 16.5. The van der Waals surface area contributed by atoms with Crippen LogP contribution in [0.15, 0.2) is 0 Å². The largest absolute Gasteiger partial charge is 0.469 e. The molecule has 0 aromatic heterocycles. The highest BCUT2D eigenvalue weighted by Crippen LogP contribution is 2.20. The fraction of sp³-hybridized carbons (Fsp3) is 0.750. The molecule has 0 aromatic rings. The number of methoxy groups -OCH3 is 1. The van der Waals surface area contributed by atoms with Gasteiger partial charge in [-0.3, -0.25) is 14.4 Å². The van der Waals surface area contributed by atoms with Crippen LogP contribution in [0.4, 0.5) is 0 Å². The number of rotatable bonds is 5. The van der Waals surface area contributed by atoms with E-state index in [4.69, 9.17) is 5.73 Å². The monoisotopic (exact) mass is 271 g/mol. The van der Waals surface area contributed by atoms with E-state index in [9.17, 15) is 14.4 Å². The van der Waals surface area contributed by atoms with E-state index in [-0.39, 0.29) is 43.3 Å². The molecule has 0 aromatic carbocycles. The van der Waals surface area contributed by atoms with Gasteiger partial charge in [-0.25, -0.2) is 0 Å². The molecule has 1 aliphatic heterocycles. The van der Waals surface area contributed by atoms with Gasteiger partial charge in [0.25, 0.3) is 0 Å². The number of hydrogen-bond donors (Lipinski definition) is 2. The van der Waals surface area contributed by atoms with E-state index in [0.29, 0.717) is 6.54 Å². The molecule has 0 saturated carbocycles. The molecule has 7 nitrogen and oxygen atoms in total. The summed E-state index contributed by atoms with van der Waals surface area (Å²) in [4.78, 5) is 36.0. The molecule has 1 unspecified atom stereocenters. The summed E-state index contributed by atoms with van der Waals surface area (Å²) in [7, 11) is 1.33. The Balaban J connectivity index is 2.53. The van der Waals surface area contributed by atoms with Gasteiger partial charge in [0, 0.05) is 12.6 Å². The topological polar surface area (TPSA) is 102 Å². The molecule has 0 spiro atoms. The lowest BCUT2D eigenvalue weighted by atomic mass is 9.99. The summed E-state index contributed by atoms with van der Waals surface area (Å²) in [5.74, 6) is -0.874. The number of nitrogens with one attached hydrogen (secondary N) is 1. The third kappa shape index (κ3) is 4.86. The molecule has 3 N–H and O–H groups in total. The lowest BCUT2D eigenvalue weighted by molar-refractivity contribution is -0.144. The van der Waals surface area contributed by atoms with Crippen molar-refractivity contribution in [2.24, 2.45) is 5.73 Å². The molecule has 0 aliphatic carbocycles. The fourth-order valence-electron chi connectivity index (χ4n) is 2.16. The summed E-state index contributed by atoms with van der Waals surface area (Å²) in [6, 6.07) is -0.136. The molecule has 1 atom stereocenters. The molecule has 0 bridgehead atoms. The zero-order valence-corrected chi connectivity index (χ0v) is 11.2. The Bertz CT molecular complexity index is 346. The minimum Gasteiger partial charge on any atom is -0.469 e. The lowest BCUT2D eigenvalue weighted by Crippen LogP contribution is -2.49. The van der Waals surface area contributed by atoms with Crippen LogP contribution >= 0.6 is 0 Å². The highest BCUT2D eigenvalue weighted by molar-refractivity contribution is 5.86. The molecule has 1 rings (SSSR count). The smallest absolute Gasteiger partial charge is 0.307 e. The zero-order chi connectivity index (χ0) is 14.3. The molecule has 1 saturated heterocycles. The first-order chi connectivity index (χ1) is 9.08. The van der Waals surface area contributed by atoms with Crippen LogP contribution < -0.4 is 11.1 Å². The van der Waals surface area contributed by atoms with Gasteiger partial charge >= 0.3 is 5.97 Å². The van der Waals surface area contributed by atoms with E-state index in [2.05, 4.69) is 10.1 Å². The van der Waals surface area contributed by atoms with Crippen molar-refractivity contribution < 1.29 is 19.1 Å². The molecule has 1 aliphatic rings. The van der Waals surface area contributed by atoms with Gasteiger partial charge in [-0.1, -0.05) is 0 Å². The number of piperidine rings is 1. The summed E-state index contributed by atoms with van der Waals surface area (Å²) < 4.78 is 4.63. The molecule has 0 radical (unpaired) electrons. The van der Waals surface area contributed by atoms with E-state index >= 15 is 0 Å². The number of amides is 2. The van der Waals surface area contributed by atoms with Crippen LogP contribution in [0.25, 0.3) is 0 Å². The van der Waals surface area contributed by atoms with E-state index in [1.807, 2.05) is 0 Å². The molecule has 2 amide bonds. The minimum absolute atomic E-state index is 0.0757. The van der Waals surface area contributed by atoms with Crippen LogP contribution in [0.2, 0.25) is 0 Å². The van der Waals surface area contributed by atoms with Gasteiger partial charge in [-0.2, -0.15) is 0 Å². The van der Waals surface area contributed by atoms with Crippen molar-refractivity contribution in [3.8, 4) is 0 Å². The number of nitrogens with zero attached hydrogens (tertiary/aromatic N) is 1. The second-order valence-electron chi connectivity index (χ2n) is 4.50. The van der Waals surface area contributed by atoms with E-state index in [1.165, 1.54) is 7.11 Å². The van der Waals surface area contributed by atoms with Crippen LogP contribution in [0.1, 0.15) is 25.7 Å². The molecule has 7 heteroatoms. The van der Waals surface area contributed by atoms with Crippen molar-refractivity contribution in [3.05, 3.63) is 0 Å². The third-order valence-electron chi connectivity index (χ3n) is 3.20. The van der Waals surface area contributed by atoms with Crippen molar-refractivity contribution in [3.63, 3.8) is 0 Å². The van der Waals surface area contributed by atoms with Gasteiger partial charge in [0.05, 0.1) is 26.6 Å². The summed E-state index contributed by atoms with van der Waals surface area (Å²) in [6.45, 7) is 0.394. The maximum absolute atomic E-state index is 12.0. The van der Waals surface area contributed by atoms with Crippen LogP contribution in [0.3, 0.4) is 0 Å². The Kier molecular flexibility index (Phi) is 6.27. The normalized spacial score (nSPS) is 18.8. The zero-order valence-electron chi connectivity index (χ0n) is 11.2. The van der Waals surface area contributed by atoms with Gasteiger partial charge < -0.3 is 20.7 Å². The number of carbonyl (C=O) groups excluding carboxylic acids is 3. The second kappa shape index (κ2) is 7.73.